The van der Waals surface area contributed by atoms with Gasteiger partial charge in [0.2, 0.25) is 0 Å². The summed E-state index contributed by atoms with van der Waals surface area (Å²) in [7, 11) is 0. The summed E-state index contributed by atoms with van der Waals surface area (Å²) in [6.45, 7) is 4.54. The fourth-order valence-corrected chi connectivity index (χ4v) is 4.15. The van der Waals surface area contributed by atoms with Gasteiger partial charge in [-0.3, -0.25) is 9.69 Å². The number of aryl methyl sites for hydroxylation is 1. The smallest absolute Gasteiger partial charge is 0.336 e. The van der Waals surface area contributed by atoms with Gasteiger partial charge in [0.05, 0.1) is 0 Å². The molecule has 0 atom stereocenters. The monoisotopic (exact) mass is 446 g/mol. The highest BCUT2D eigenvalue weighted by molar-refractivity contribution is 6.32. The maximum Gasteiger partial charge on any atom is 0.336 e. The molecule has 5 nitrogen and oxygen atoms in total. The maximum absolute atomic E-state index is 13.5. The van der Waals surface area contributed by atoms with E-state index in [0.717, 1.165) is 35.1 Å². The van der Waals surface area contributed by atoms with Gasteiger partial charge in [-0.25, -0.2) is 13.6 Å². The second kappa shape index (κ2) is 8.77. The molecule has 0 bridgehead atoms. The van der Waals surface area contributed by atoms with Crippen LogP contribution in [0.15, 0.2) is 45.6 Å². The van der Waals surface area contributed by atoms with Crippen molar-refractivity contribution in [2.45, 2.75) is 19.9 Å². The molecule has 0 spiro atoms. The number of fused-ring (bicyclic) bond motifs is 1. The van der Waals surface area contributed by atoms with Crippen molar-refractivity contribution in [2.24, 2.45) is 0 Å². The van der Waals surface area contributed by atoms with Crippen LogP contribution >= 0.6 is 11.6 Å². The predicted molar refractivity (Wildman–Crippen MR) is 114 cm³/mol. The van der Waals surface area contributed by atoms with Crippen LogP contribution in [0, 0.1) is 11.6 Å². The van der Waals surface area contributed by atoms with Gasteiger partial charge in [-0.15, -0.1) is 0 Å². The van der Waals surface area contributed by atoms with Gasteiger partial charge in [-0.05, 0) is 47.9 Å². The summed E-state index contributed by atoms with van der Waals surface area (Å²) in [5, 5.41) is 1.43. The zero-order chi connectivity index (χ0) is 22.1. The number of benzene rings is 2. The van der Waals surface area contributed by atoms with E-state index in [-0.39, 0.29) is 11.5 Å². The first-order valence-corrected chi connectivity index (χ1v) is 10.5. The molecule has 1 fully saturated rings. The third kappa shape index (κ3) is 4.48. The molecule has 1 aliphatic rings. The molecule has 31 heavy (non-hydrogen) atoms. The van der Waals surface area contributed by atoms with Crippen molar-refractivity contribution < 1.29 is 18.0 Å². The van der Waals surface area contributed by atoms with Crippen LogP contribution in [0.25, 0.3) is 11.0 Å². The van der Waals surface area contributed by atoms with Crippen LogP contribution < -0.4 is 5.63 Å². The molecule has 2 aromatic carbocycles. The molecule has 1 amide bonds. The van der Waals surface area contributed by atoms with E-state index in [1.165, 1.54) is 12.1 Å². The minimum atomic E-state index is -1.04. The Morgan fingerprint density at radius 1 is 1.03 bits per heavy atom. The van der Waals surface area contributed by atoms with Crippen LogP contribution in [0.4, 0.5) is 8.78 Å². The molecule has 0 aliphatic carbocycles. The van der Waals surface area contributed by atoms with Crippen molar-refractivity contribution in [2.75, 3.05) is 26.2 Å². The number of nitrogens with zero attached hydrogens (tertiary/aromatic N) is 2. The van der Waals surface area contributed by atoms with Crippen molar-refractivity contribution in [1.82, 2.24) is 9.80 Å². The van der Waals surface area contributed by atoms with Crippen LogP contribution in [-0.4, -0.2) is 41.9 Å². The van der Waals surface area contributed by atoms with Gasteiger partial charge in [-0.1, -0.05) is 18.5 Å². The van der Waals surface area contributed by atoms with Crippen molar-refractivity contribution in [3.8, 4) is 0 Å². The molecule has 1 aliphatic heterocycles. The Morgan fingerprint density at radius 2 is 1.77 bits per heavy atom. The molecule has 4 rings (SSSR count). The van der Waals surface area contributed by atoms with Crippen LogP contribution in [0.2, 0.25) is 5.02 Å². The Balaban J connectivity index is 1.48. The van der Waals surface area contributed by atoms with Gasteiger partial charge < -0.3 is 9.32 Å². The topological polar surface area (TPSA) is 53.8 Å². The second-order valence-electron chi connectivity index (χ2n) is 7.58. The lowest BCUT2D eigenvalue weighted by atomic mass is 10.1. The third-order valence-corrected chi connectivity index (χ3v) is 5.95. The Kier molecular flexibility index (Phi) is 6.07. The molecule has 0 saturated carbocycles. The van der Waals surface area contributed by atoms with Gasteiger partial charge in [-0.2, -0.15) is 0 Å². The van der Waals surface area contributed by atoms with Gasteiger partial charge in [0, 0.05) is 54.8 Å². The number of amides is 1. The molecule has 0 N–H and O–H groups in total. The summed E-state index contributed by atoms with van der Waals surface area (Å²) in [6, 6.07) is 8.28. The molecule has 1 aromatic heterocycles. The highest BCUT2D eigenvalue weighted by Gasteiger charge is 2.23. The molecule has 0 unspecified atom stereocenters. The van der Waals surface area contributed by atoms with E-state index < -0.39 is 17.3 Å². The van der Waals surface area contributed by atoms with Crippen molar-refractivity contribution in [1.29, 1.82) is 0 Å². The number of carbonyl (C=O) groups is 1. The highest BCUT2D eigenvalue weighted by Crippen LogP contribution is 2.27. The van der Waals surface area contributed by atoms with Crippen LogP contribution in [-0.2, 0) is 13.0 Å². The molecule has 3 aromatic rings. The van der Waals surface area contributed by atoms with E-state index in [2.05, 4.69) is 4.90 Å². The van der Waals surface area contributed by atoms with E-state index in [1.54, 1.807) is 11.0 Å². The standard InChI is InChI=1S/C23H21ClF2N2O3/c1-2-14-10-21-17(12-18(14)24)16(11-22(29)31-21)13-27-5-7-28(8-6-27)23(30)15-3-4-19(25)20(26)9-15/h3-4,9-12H,2,5-8,13H2,1H3. The first-order valence-electron chi connectivity index (χ1n) is 10.1. The fraction of sp³-hybridized carbons (Fsp3) is 0.304. The van der Waals surface area contributed by atoms with Crippen molar-refractivity contribution in [3.05, 3.63) is 80.2 Å². The minimum Gasteiger partial charge on any atom is -0.423 e. The van der Waals surface area contributed by atoms with Gasteiger partial charge in [0.15, 0.2) is 11.6 Å². The van der Waals surface area contributed by atoms with Crippen molar-refractivity contribution >= 4 is 28.5 Å². The Hall–Kier alpha value is -2.77. The van der Waals surface area contributed by atoms with Gasteiger partial charge in [0.1, 0.15) is 5.58 Å². The molecule has 2 heterocycles. The Morgan fingerprint density at radius 3 is 2.45 bits per heavy atom. The van der Waals surface area contributed by atoms with Crippen molar-refractivity contribution in [3.63, 3.8) is 0 Å². The molecule has 162 valence electrons. The number of halogens is 3. The third-order valence-electron chi connectivity index (χ3n) is 5.60. The summed E-state index contributed by atoms with van der Waals surface area (Å²) < 4.78 is 31.9. The minimum absolute atomic E-state index is 0.125. The lowest BCUT2D eigenvalue weighted by Crippen LogP contribution is -2.48. The van der Waals surface area contributed by atoms with E-state index in [4.69, 9.17) is 16.0 Å². The predicted octanol–water partition coefficient (Wildman–Crippen LogP) is 4.25. The summed E-state index contributed by atoms with van der Waals surface area (Å²) >= 11 is 6.36. The molecular formula is C23H21ClF2N2O3. The Bertz CT molecular complexity index is 1200. The fourth-order valence-electron chi connectivity index (χ4n) is 3.85. The average Bonchev–Trinajstić information content (AvgIpc) is 2.75. The largest absolute Gasteiger partial charge is 0.423 e. The summed E-state index contributed by atoms with van der Waals surface area (Å²) in [6.07, 6.45) is 0.733. The second-order valence-corrected chi connectivity index (χ2v) is 7.99. The molecule has 1 saturated heterocycles. The number of hydrogen-bond donors (Lipinski definition) is 0. The van der Waals surface area contributed by atoms with E-state index in [0.29, 0.717) is 43.3 Å². The lowest BCUT2D eigenvalue weighted by Gasteiger charge is -2.35. The van der Waals surface area contributed by atoms with E-state index in [9.17, 15) is 18.4 Å². The zero-order valence-electron chi connectivity index (χ0n) is 17.0. The number of hydrogen-bond acceptors (Lipinski definition) is 4. The molecular weight excluding hydrogens is 426 g/mol. The first-order chi connectivity index (χ1) is 14.9. The maximum atomic E-state index is 13.5. The summed E-state index contributed by atoms with van der Waals surface area (Å²) in [5.41, 5.74) is 1.95. The quantitative estimate of drug-likeness (QED) is 0.562. The zero-order valence-corrected chi connectivity index (χ0v) is 17.7. The average molecular weight is 447 g/mol. The van der Waals surface area contributed by atoms with Gasteiger partial charge >= 0.3 is 5.63 Å². The summed E-state index contributed by atoms with van der Waals surface area (Å²) in [4.78, 5) is 28.4. The van der Waals surface area contributed by atoms with E-state index in [1.807, 2.05) is 13.0 Å². The van der Waals surface area contributed by atoms with Crippen LogP contribution in [0.3, 0.4) is 0 Å². The van der Waals surface area contributed by atoms with Gasteiger partial charge in [0.25, 0.3) is 5.91 Å². The van der Waals surface area contributed by atoms with Crippen LogP contribution in [0.5, 0.6) is 0 Å². The molecule has 8 heteroatoms. The lowest BCUT2D eigenvalue weighted by molar-refractivity contribution is 0.0628. The molecule has 0 radical (unpaired) electrons. The SMILES string of the molecule is CCc1cc2oc(=O)cc(CN3CCN(C(=O)c4ccc(F)c(F)c4)CC3)c2cc1Cl. The number of piperazine rings is 1. The summed E-state index contributed by atoms with van der Waals surface area (Å²) in [5.74, 6) is -2.35. The Labute approximate surface area is 182 Å². The highest BCUT2D eigenvalue weighted by atomic mass is 35.5. The number of rotatable bonds is 4. The van der Waals surface area contributed by atoms with Crippen LogP contribution in [0.1, 0.15) is 28.4 Å². The normalized spacial score (nSPS) is 14.9. The number of carbonyl (C=O) groups excluding carboxylic acids is 1. The van der Waals surface area contributed by atoms with E-state index >= 15 is 0 Å². The first kappa shape index (κ1) is 21.5.